The summed E-state index contributed by atoms with van der Waals surface area (Å²) in [5.41, 5.74) is 5.28. The SMILES string of the molecule is CC(OC(=O)CCCN)OC(=O)OC1CCCCC1. The summed E-state index contributed by atoms with van der Waals surface area (Å²) >= 11 is 0. The Morgan fingerprint density at radius 3 is 2.53 bits per heavy atom. The van der Waals surface area contributed by atoms with Crippen molar-refractivity contribution in [2.75, 3.05) is 6.54 Å². The van der Waals surface area contributed by atoms with E-state index in [4.69, 9.17) is 19.9 Å². The van der Waals surface area contributed by atoms with E-state index in [9.17, 15) is 9.59 Å². The van der Waals surface area contributed by atoms with Gasteiger partial charge in [-0.3, -0.25) is 4.79 Å². The predicted octanol–water partition coefficient (Wildman–Crippen LogP) is 2.10. The summed E-state index contributed by atoms with van der Waals surface area (Å²) in [6.07, 6.45) is 4.08. The average Bonchev–Trinajstić information content (AvgIpc) is 2.37. The summed E-state index contributed by atoms with van der Waals surface area (Å²) in [5.74, 6) is -0.427. The molecule has 6 heteroatoms. The van der Waals surface area contributed by atoms with Gasteiger partial charge in [0.1, 0.15) is 6.10 Å². The first kappa shape index (κ1) is 15.8. The standard InChI is InChI=1S/C13H23NO5/c1-10(17-12(15)8-5-9-14)18-13(16)19-11-6-3-2-4-7-11/h10-11H,2-9,14H2,1H3. The summed E-state index contributed by atoms with van der Waals surface area (Å²) < 4.78 is 14.9. The van der Waals surface area contributed by atoms with Gasteiger partial charge in [0.15, 0.2) is 0 Å². The zero-order valence-corrected chi connectivity index (χ0v) is 11.4. The lowest BCUT2D eigenvalue weighted by atomic mass is 9.98. The zero-order valence-electron chi connectivity index (χ0n) is 11.4. The quantitative estimate of drug-likeness (QED) is 0.589. The summed E-state index contributed by atoms with van der Waals surface area (Å²) in [5, 5.41) is 0. The van der Waals surface area contributed by atoms with Gasteiger partial charge in [0.05, 0.1) is 0 Å². The highest BCUT2D eigenvalue weighted by atomic mass is 16.8. The Morgan fingerprint density at radius 2 is 1.89 bits per heavy atom. The molecular weight excluding hydrogens is 250 g/mol. The molecule has 0 saturated heterocycles. The maximum atomic E-state index is 11.5. The predicted molar refractivity (Wildman–Crippen MR) is 68.3 cm³/mol. The van der Waals surface area contributed by atoms with Gasteiger partial charge in [0.2, 0.25) is 6.29 Å². The fraction of sp³-hybridized carbons (Fsp3) is 0.846. The highest BCUT2D eigenvalue weighted by molar-refractivity contribution is 5.69. The van der Waals surface area contributed by atoms with Crippen LogP contribution in [-0.4, -0.2) is 31.1 Å². The van der Waals surface area contributed by atoms with Crippen molar-refractivity contribution in [3.63, 3.8) is 0 Å². The maximum Gasteiger partial charge on any atom is 0.511 e. The van der Waals surface area contributed by atoms with Gasteiger partial charge >= 0.3 is 12.1 Å². The molecule has 1 rings (SSSR count). The molecule has 0 spiro atoms. The lowest BCUT2D eigenvalue weighted by molar-refractivity contribution is -0.169. The van der Waals surface area contributed by atoms with Crippen molar-refractivity contribution in [3.05, 3.63) is 0 Å². The van der Waals surface area contributed by atoms with Crippen LogP contribution in [0.1, 0.15) is 51.9 Å². The van der Waals surface area contributed by atoms with Crippen LogP contribution < -0.4 is 5.73 Å². The number of ether oxygens (including phenoxy) is 3. The van der Waals surface area contributed by atoms with Crippen molar-refractivity contribution in [1.82, 2.24) is 0 Å². The maximum absolute atomic E-state index is 11.5. The van der Waals surface area contributed by atoms with Crippen LogP contribution in [0, 0.1) is 0 Å². The molecule has 0 bridgehead atoms. The molecule has 1 aliphatic carbocycles. The molecular formula is C13H23NO5. The molecule has 1 fully saturated rings. The third-order valence-electron chi connectivity index (χ3n) is 2.96. The lowest BCUT2D eigenvalue weighted by Crippen LogP contribution is -2.26. The summed E-state index contributed by atoms with van der Waals surface area (Å²) in [7, 11) is 0. The van der Waals surface area contributed by atoms with Gasteiger partial charge in [-0.05, 0) is 38.6 Å². The third-order valence-corrected chi connectivity index (χ3v) is 2.96. The number of hydrogen-bond donors (Lipinski definition) is 1. The van der Waals surface area contributed by atoms with E-state index in [1.807, 2.05) is 0 Å². The van der Waals surface area contributed by atoms with Crippen LogP contribution in [0.3, 0.4) is 0 Å². The van der Waals surface area contributed by atoms with Crippen molar-refractivity contribution in [1.29, 1.82) is 0 Å². The second-order valence-corrected chi connectivity index (χ2v) is 4.70. The molecule has 2 N–H and O–H groups in total. The van der Waals surface area contributed by atoms with Crippen molar-refractivity contribution < 1.29 is 23.8 Å². The Balaban J connectivity index is 2.17. The first-order chi connectivity index (χ1) is 9.11. The minimum atomic E-state index is -0.929. The smallest absolute Gasteiger partial charge is 0.431 e. The first-order valence-electron chi connectivity index (χ1n) is 6.88. The highest BCUT2D eigenvalue weighted by Crippen LogP contribution is 2.20. The Bertz CT molecular complexity index is 289. The van der Waals surface area contributed by atoms with Crippen LogP contribution in [-0.2, 0) is 19.0 Å². The molecule has 0 radical (unpaired) electrons. The Labute approximate surface area is 113 Å². The van der Waals surface area contributed by atoms with Gasteiger partial charge in [-0.1, -0.05) is 6.42 Å². The van der Waals surface area contributed by atoms with Crippen LogP contribution in [0.4, 0.5) is 4.79 Å². The molecule has 0 aliphatic heterocycles. The second kappa shape index (κ2) is 8.74. The number of esters is 1. The van der Waals surface area contributed by atoms with Crippen molar-refractivity contribution in [2.24, 2.45) is 5.73 Å². The van der Waals surface area contributed by atoms with Crippen LogP contribution in [0.25, 0.3) is 0 Å². The van der Waals surface area contributed by atoms with Crippen LogP contribution in [0.5, 0.6) is 0 Å². The van der Waals surface area contributed by atoms with Crippen molar-refractivity contribution in [2.45, 2.75) is 64.3 Å². The minimum Gasteiger partial charge on any atom is -0.431 e. The summed E-state index contributed by atoms with van der Waals surface area (Å²) in [4.78, 5) is 22.7. The minimum absolute atomic E-state index is 0.0682. The van der Waals surface area contributed by atoms with Gasteiger partial charge in [-0.15, -0.1) is 0 Å². The van der Waals surface area contributed by atoms with E-state index in [-0.39, 0.29) is 12.5 Å². The number of hydrogen-bond acceptors (Lipinski definition) is 6. The largest absolute Gasteiger partial charge is 0.511 e. The van der Waals surface area contributed by atoms with E-state index >= 15 is 0 Å². The fourth-order valence-electron chi connectivity index (χ4n) is 2.00. The molecule has 0 aromatic heterocycles. The van der Waals surface area contributed by atoms with Gasteiger partial charge in [-0.2, -0.15) is 0 Å². The second-order valence-electron chi connectivity index (χ2n) is 4.70. The van der Waals surface area contributed by atoms with Crippen LogP contribution in [0.15, 0.2) is 0 Å². The topological polar surface area (TPSA) is 87.9 Å². The molecule has 1 aliphatic rings. The van der Waals surface area contributed by atoms with Gasteiger partial charge in [0.25, 0.3) is 0 Å². The Kier molecular flexibility index (Phi) is 7.25. The highest BCUT2D eigenvalue weighted by Gasteiger charge is 2.21. The van der Waals surface area contributed by atoms with Gasteiger partial charge in [0, 0.05) is 13.3 Å². The van der Waals surface area contributed by atoms with Gasteiger partial charge in [-0.25, -0.2) is 4.79 Å². The molecule has 0 aromatic carbocycles. The van der Waals surface area contributed by atoms with Crippen LogP contribution in [0.2, 0.25) is 0 Å². The van der Waals surface area contributed by atoms with E-state index in [1.54, 1.807) is 0 Å². The molecule has 1 atom stereocenters. The third kappa shape index (κ3) is 7.00. The van der Waals surface area contributed by atoms with E-state index in [0.717, 1.165) is 25.7 Å². The van der Waals surface area contributed by atoms with Gasteiger partial charge < -0.3 is 19.9 Å². The fourth-order valence-corrected chi connectivity index (χ4v) is 2.00. The summed E-state index contributed by atoms with van der Waals surface area (Å²) in [6.45, 7) is 1.91. The van der Waals surface area contributed by atoms with Crippen molar-refractivity contribution >= 4 is 12.1 Å². The lowest BCUT2D eigenvalue weighted by Gasteiger charge is -2.22. The molecule has 1 unspecified atom stereocenters. The molecule has 0 aromatic rings. The molecule has 0 amide bonds. The summed E-state index contributed by atoms with van der Waals surface area (Å²) in [6, 6.07) is 0. The molecule has 19 heavy (non-hydrogen) atoms. The molecule has 6 nitrogen and oxygen atoms in total. The Morgan fingerprint density at radius 1 is 1.21 bits per heavy atom. The molecule has 1 saturated carbocycles. The first-order valence-corrected chi connectivity index (χ1v) is 6.88. The molecule has 110 valence electrons. The Hall–Kier alpha value is -1.30. The van der Waals surface area contributed by atoms with Crippen LogP contribution >= 0.6 is 0 Å². The van der Waals surface area contributed by atoms with Crippen molar-refractivity contribution in [3.8, 4) is 0 Å². The molecule has 0 heterocycles. The van der Waals surface area contributed by atoms with E-state index in [1.165, 1.54) is 13.3 Å². The normalized spacial score (nSPS) is 17.6. The number of carbonyl (C=O) groups excluding carboxylic acids is 2. The van der Waals surface area contributed by atoms with E-state index in [0.29, 0.717) is 13.0 Å². The average molecular weight is 273 g/mol. The number of rotatable bonds is 6. The number of nitrogens with two attached hydrogens (primary N) is 1. The zero-order chi connectivity index (χ0) is 14.1. The monoisotopic (exact) mass is 273 g/mol. The van der Waals surface area contributed by atoms with E-state index < -0.39 is 18.4 Å². The van der Waals surface area contributed by atoms with E-state index in [2.05, 4.69) is 0 Å². The number of carbonyl (C=O) groups is 2.